The van der Waals surface area contributed by atoms with Crippen molar-refractivity contribution in [2.75, 3.05) is 23.3 Å². The average Bonchev–Trinajstić information content (AvgIpc) is 3.16. The van der Waals surface area contributed by atoms with Gasteiger partial charge in [0.25, 0.3) is 5.91 Å². The molecular formula is C20H22N6O2. The number of anilines is 2. The first-order valence-corrected chi connectivity index (χ1v) is 9.22. The molecule has 3 aromatic heterocycles. The number of amides is 1. The number of pyridine rings is 2. The Hall–Kier alpha value is -3.26. The van der Waals surface area contributed by atoms with Gasteiger partial charge in [0.05, 0.1) is 23.5 Å². The maximum absolute atomic E-state index is 12.5. The van der Waals surface area contributed by atoms with Crippen LogP contribution in [0.5, 0.6) is 0 Å². The topological polar surface area (TPSA) is 96.0 Å². The monoisotopic (exact) mass is 378 g/mol. The molecule has 8 heteroatoms. The summed E-state index contributed by atoms with van der Waals surface area (Å²) < 4.78 is 5.75. The number of hydrogen-bond acceptors (Lipinski definition) is 6. The van der Waals surface area contributed by atoms with Crippen molar-refractivity contribution in [3.63, 3.8) is 0 Å². The molecule has 4 rings (SSSR count). The largest absolute Gasteiger partial charge is 0.372 e. The van der Waals surface area contributed by atoms with Crippen LogP contribution in [0.1, 0.15) is 24.2 Å². The Labute approximate surface area is 163 Å². The summed E-state index contributed by atoms with van der Waals surface area (Å²) >= 11 is 0. The lowest BCUT2D eigenvalue weighted by Gasteiger charge is -2.36. The van der Waals surface area contributed by atoms with E-state index in [0.29, 0.717) is 11.4 Å². The molecule has 3 aromatic rings. The van der Waals surface area contributed by atoms with Gasteiger partial charge >= 0.3 is 0 Å². The number of nitrogens with one attached hydrogen (secondary N) is 2. The third-order valence-electron chi connectivity index (χ3n) is 4.55. The van der Waals surface area contributed by atoms with Gasteiger partial charge in [-0.15, -0.1) is 0 Å². The van der Waals surface area contributed by atoms with Crippen LogP contribution < -0.4 is 10.2 Å². The van der Waals surface area contributed by atoms with Gasteiger partial charge in [-0.05, 0) is 38.1 Å². The van der Waals surface area contributed by atoms with E-state index in [2.05, 4.69) is 30.4 Å². The molecule has 0 aromatic carbocycles. The minimum absolute atomic E-state index is 0.155. The fraction of sp³-hybridized carbons (Fsp3) is 0.300. The number of carbonyl (C=O) groups excluding carboxylic acids is 1. The molecule has 144 valence electrons. The van der Waals surface area contributed by atoms with Crippen LogP contribution in [0.3, 0.4) is 0 Å². The van der Waals surface area contributed by atoms with Crippen molar-refractivity contribution < 1.29 is 9.53 Å². The number of nitrogens with zero attached hydrogens (tertiary/aromatic N) is 4. The van der Waals surface area contributed by atoms with E-state index in [4.69, 9.17) is 4.74 Å². The standard InChI is InChI=1S/C20H22N6O2/c1-13-11-26(12-14(2)28-13)19-6-5-16(10-22-19)20(27)23-18-8-17(24-25-18)15-4-3-7-21-9-15/h3-10,13-14H,11-12H2,1-2H3,(H2,23,24,25,27). The summed E-state index contributed by atoms with van der Waals surface area (Å²) in [5.41, 5.74) is 2.16. The number of aromatic amines is 1. The van der Waals surface area contributed by atoms with Crippen molar-refractivity contribution in [2.24, 2.45) is 0 Å². The van der Waals surface area contributed by atoms with Crippen molar-refractivity contribution >= 4 is 17.5 Å². The van der Waals surface area contributed by atoms with Crippen molar-refractivity contribution in [3.8, 4) is 11.3 Å². The molecule has 2 unspecified atom stereocenters. The molecule has 1 saturated heterocycles. The van der Waals surface area contributed by atoms with E-state index in [0.717, 1.165) is 30.2 Å². The lowest BCUT2D eigenvalue weighted by molar-refractivity contribution is -0.00546. The first-order chi connectivity index (χ1) is 13.6. The molecule has 1 aliphatic heterocycles. The fourth-order valence-electron chi connectivity index (χ4n) is 3.32. The van der Waals surface area contributed by atoms with Gasteiger partial charge in [-0.2, -0.15) is 5.10 Å². The van der Waals surface area contributed by atoms with E-state index in [-0.39, 0.29) is 18.1 Å². The van der Waals surface area contributed by atoms with Gasteiger partial charge in [-0.1, -0.05) is 0 Å². The van der Waals surface area contributed by atoms with Crippen molar-refractivity contribution in [2.45, 2.75) is 26.1 Å². The maximum Gasteiger partial charge on any atom is 0.258 e. The van der Waals surface area contributed by atoms with Crippen LogP contribution in [0.25, 0.3) is 11.3 Å². The van der Waals surface area contributed by atoms with Crippen LogP contribution >= 0.6 is 0 Å². The van der Waals surface area contributed by atoms with Gasteiger partial charge < -0.3 is 15.0 Å². The van der Waals surface area contributed by atoms with Crippen LogP contribution in [-0.2, 0) is 4.74 Å². The Morgan fingerprint density at radius 1 is 1.21 bits per heavy atom. The predicted octanol–water partition coefficient (Wildman–Crippen LogP) is 2.73. The molecule has 1 amide bonds. The summed E-state index contributed by atoms with van der Waals surface area (Å²) in [6.45, 7) is 5.67. The number of carbonyl (C=O) groups is 1. The molecule has 1 fully saturated rings. The molecule has 28 heavy (non-hydrogen) atoms. The minimum Gasteiger partial charge on any atom is -0.372 e. The summed E-state index contributed by atoms with van der Waals surface area (Å²) in [5.74, 6) is 1.04. The van der Waals surface area contributed by atoms with Crippen LogP contribution in [0, 0.1) is 0 Å². The molecule has 2 N–H and O–H groups in total. The molecule has 1 aliphatic rings. The molecule has 0 radical (unpaired) electrons. The third kappa shape index (κ3) is 4.01. The van der Waals surface area contributed by atoms with Gasteiger partial charge in [0.15, 0.2) is 5.82 Å². The van der Waals surface area contributed by atoms with Gasteiger partial charge in [-0.3, -0.25) is 14.9 Å². The van der Waals surface area contributed by atoms with E-state index < -0.39 is 0 Å². The Kier molecular flexibility index (Phi) is 5.03. The summed E-state index contributed by atoms with van der Waals surface area (Å²) in [6, 6.07) is 9.18. The molecule has 4 heterocycles. The molecule has 0 spiro atoms. The van der Waals surface area contributed by atoms with Gasteiger partial charge in [0, 0.05) is 43.3 Å². The second kappa shape index (κ2) is 7.77. The molecule has 2 atom stereocenters. The highest BCUT2D eigenvalue weighted by molar-refractivity contribution is 6.03. The fourth-order valence-corrected chi connectivity index (χ4v) is 3.32. The lowest BCUT2D eigenvalue weighted by atomic mass is 10.2. The normalized spacial score (nSPS) is 19.4. The van der Waals surface area contributed by atoms with E-state index in [1.54, 1.807) is 30.7 Å². The zero-order chi connectivity index (χ0) is 19.5. The van der Waals surface area contributed by atoms with E-state index in [9.17, 15) is 4.79 Å². The summed E-state index contributed by atoms with van der Waals surface area (Å²) in [4.78, 5) is 23.2. The maximum atomic E-state index is 12.5. The van der Waals surface area contributed by atoms with Crippen molar-refractivity contribution in [3.05, 3.63) is 54.5 Å². The number of ether oxygens (including phenoxy) is 1. The summed E-state index contributed by atoms with van der Waals surface area (Å²) in [7, 11) is 0. The molecule has 0 bridgehead atoms. The van der Waals surface area contributed by atoms with Gasteiger partial charge in [0.1, 0.15) is 5.82 Å². The van der Waals surface area contributed by atoms with Gasteiger partial charge in [0.2, 0.25) is 0 Å². The third-order valence-corrected chi connectivity index (χ3v) is 4.55. The molecular weight excluding hydrogens is 356 g/mol. The highest BCUT2D eigenvalue weighted by atomic mass is 16.5. The average molecular weight is 378 g/mol. The number of H-pyrrole nitrogens is 1. The lowest BCUT2D eigenvalue weighted by Crippen LogP contribution is -2.45. The number of aromatic nitrogens is 4. The van der Waals surface area contributed by atoms with Crippen LogP contribution in [-0.4, -0.2) is 51.4 Å². The zero-order valence-electron chi connectivity index (χ0n) is 15.8. The van der Waals surface area contributed by atoms with E-state index in [1.807, 2.05) is 32.0 Å². The number of rotatable bonds is 4. The highest BCUT2D eigenvalue weighted by Crippen LogP contribution is 2.20. The zero-order valence-corrected chi connectivity index (χ0v) is 15.8. The second-order valence-electron chi connectivity index (χ2n) is 6.93. The van der Waals surface area contributed by atoms with Gasteiger partial charge in [-0.25, -0.2) is 4.98 Å². The van der Waals surface area contributed by atoms with Crippen LogP contribution in [0.15, 0.2) is 48.9 Å². The first kappa shape index (κ1) is 18.1. The smallest absolute Gasteiger partial charge is 0.258 e. The predicted molar refractivity (Wildman–Crippen MR) is 106 cm³/mol. The molecule has 8 nitrogen and oxygen atoms in total. The van der Waals surface area contributed by atoms with E-state index in [1.165, 1.54) is 0 Å². The van der Waals surface area contributed by atoms with E-state index >= 15 is 0 Å². The summed E-state index contributed by atoms with van der Waals surface area (Å²) in [5, 5.41) is 9.82. The minimum atomic E-state index is -0.257. The second-order valence-corrected chi connectivity index (χ2v) is 6.93. The van der Waals surface area contributed by atoms with Crippen LogP contribution in [0.2, 0.25) is 0 Å². The van der Waals surface area contributed by atoms with Crippen LogP contribution in [0.4, 0.5) is 11.6 Å². The summed E-state index contributed by atoms with van der Waals surface area (Å²) in [6.07, 6.45) is 5.33. The van der Waals surface area contributed by atoms with Crippen molar-refractivity contribution in [1.29, 1.82) is 0 Å². The number of hydrogen-bond donors (Lipinski definition) is 2. The Bertz CT molecular complexity index is 931. The number of morpholine rings is 1. The first-order valence-electron chi connectivity index (χ1n) is 9.22. The van der Waals surface area contributed by atoms with Crippen molar-refractivity contribution in [1.82, 2.24) is 20.2 Å². The Balaban J connectivity index is 1.42. The molecule has 0 aliphatic carbocycles. The quantitative estimate of drug-likeness (QED) is 0.725. The Morgan fingerprint density at radius 3 is 2.71 bits per heavy atom. The SMILES string of the molecule is CC1CN(c2ccc(C(=O)Nc3cc(-c4cccnc4)[nH]n3)cn2)CC(C)O1. The molecule has 0 saturated carbocycles. The highest BCUT2D eigenvalue weighted by Gasteiger charge is 2.23. The Morgan fingerprint density at radius 2 is 2.04 bits per heavy atom.